The number of carbonyl (C=O) groups excluding carboxylic acids is 2. The number of benzene rings is 2. The number of nitrogens with zero attached hydrogens (tertiary/aromatic N) is 1. The second-order valence-corrected chi connectivity index (χ2v) is 9.26. The van der Waals surface area contributed by atoms with E-state index in [0.717, 1.165) is 11.6 Å². The molecule has 1 heterocycles. The lowest BCUT2D eigenvalue weighted by atomic mass is 10.1. The van der Waals surface area contributed by atoms with E-state index in [1.54, 1.807) is 17.0 Å². The van der Waals surface area contributed by atoms with Gasteiger partial charge in [-0.1, -0.05) is 11.6 Å². The van der Waals surface area contributed by atoms with Crippen LogP contribution in [-0.2, 0) is 26.0 Å². The molecule has 7 nitrogen and oxygen atoms in total. The maximum Gasteiger partial charge on any atom is 0.240 e. The highest BCUT2D eigenvalue weighted by Crippen LogP contribution is 2.33. The standard InChI is InChI=1S/C20H21ClFN3O4S/c1-12-9-14-10-16(4-6-19(14)25(12)13(2)26)30(28,29)23-8-7-20(27)24-18-5-3-15(21)11-17(18)22/h3-6,10-12,23H,7-9H2,1-2H3,(H,24,27)/t12-/m0/s1. The third-order valence-corrected chi connectivity index (χ3v) is 6.46. The summed E-state index contributed by atoms with van der Waals surface area (Å²) in [7, 11) is -3.84. The zero-order chi connectivity index (χ0) is 22.1. The van der Waals surface area contributed by atoms with Crippen LogP contribution < -0.4 is 14.9 Å². The van der Waals surface area contributed by atoms with Gasteiger partial charge in [0.25, 0.3) is 0 Å². The molecule has 3 rings (SSSR count). The molecule has 30 heavy (non-hydrogen) atoms. The van der Waals surface area contributed by atoms with Crippen LogP contribution in [0, 0.1) is 5.82 Å². The van der Waals surface area contributed by atoms with Crippen LogP contribution in [0.1, 0.15) is 25.8 Å². The van der Waals surface area contributed by atoms with Gasteiger partial charge in [0.05, 0.1) is 10.6 Å². The molecule has 2 amide bonds. The van der Waals surface area contributed by atoms with Gasteiger partial charge < -0.3 is 10.2 Å². The van der Waals surface area contributed by atoms with Gasteiger partial charge in [0, 0.05) is 36.6 Å². The Kier molecular flexibility index (Phi) is 6.44. The van der Waals surface area contributed by atoms with Crippen molar-refractivity contribution >= 4 is 44.8 Å². The van der Waals surface area contributed by atoms with Crippen molar-refractivity contribution in [2.45, 2.75) is 37.6 Å². The molecule has 0 saturated carbocycles. The number of fused-ring (bicyclic) bond motifs is 1. The summed E-state index contributed by atoms with van der Waals surface area (Å²) in [6.45, 7) is 3.21. The lowest BCUT2D eigenvalue weighted by Crippen LogP contribution is -2.33. The fraction of sp³-hybridized carbons (Fsp3) is 0.300. The number of hydrogen-bond acceptors (Lipinski definition) is 4. The molecular formula is C20H21ClFN3O4S. The van der Waals surface area contributed by atoms with Gasteiger partial charge in [0.1, 0.15) is 5.82 Å². The highest BCUT2D eigenvalue weighted by Gasteiger charge is 2.30. The third kappa shape index (κ3) is 4.80. The second kappa shape index (κ2) is 8.71. The number of rotatable bonds is 6. The molecule has 0 fully saturated rings. The summed E-state index contributed by atoms with van der Waals surface area (Å²) in [4.78, 5) is 25.5. The van der Waals surface area contributed by atoms with E-state index in [-0.39, 0.29) is 40.5 Å². The normalized spacial score (nSPS) is 15.7. The smallest absolute Gasteiger partial charge is 0.240 e. The van der Waals surface area contributed by atoms with Crippen LogP contribution in [0.2, 0.25) is 5.02 Å². The van der Waals surface area contributed by atoms with E-state index in [1.807, 2.05) is 6.92 Å². The Balaban J connectivity index is 1.61. The van der Waals surface area contributed by atoms with Crippen molar-refractivity contribution in [3.05, 3.63) is 52.8 Å². The number of halogens is 2. The molecular weight excluding hydrogens is 433 g/mol. The maximum absolute atomic E-state index is 13.7. The zero-order valence-corrected chi connectivity index (χ0v) is 18.0. The Morgan fingerprint density at radius 2 is 1.97 bits per heavy atom. The van der Waals surface area contributed by atoms with E-state index in [2.05, 4.69) is 10.0 Å². The Bertz CT molecular complexity index is 1110. The summed E-state index contributed by atoms with van der Waals surface area (Å²) in [5.41, 5.74) is 1.45. The Labute approximate surface area is 179 Å². The van der Waals surface area contributed by atoms with Gasteiger partial charge in [0.15, 0.2) is 0 Å². The van der Waals surface area contributed by atoms with Gasteiger partial charge in [-0.25, -0.2) is 17.5 Å². The number of hydrogen-bond donors (Lipinski definition) is 2. The fourth-order valence-electron chi connectivity index (χ4n) is 3.44. The average Bonchev–Trinajstić information content (AvgIpc) is 2.99. The molecule has 0 aromatic heterocycles. The van der Waals surface area contributed by atoms with Gasteiger partial charge in [-0.15, -0.1) is 0 Å². The Morgan fingerprint density at radius 3 is 2.63 bits per heavy atom. The molecule has 0 aliphatic carbocycles. The van der Waals surface area contributed by atoms with Gasteiger partial charge in [-0.05, 0) is 55.3 Å². The predicted octanol–water partition coefficient (Wildman–Crippen LogP) is 3.08. The summed E-state index contributed by atoms with van der Waals surface area (Å²) in [5.74, 6) is -1.32. The van der Waals surface area contributed by atoms with Crippen LogP contribution >= 0.6 is 11.6 Å². The van der Waals surface area contributed by atoms with Crippen molar-refractivity contribution in [1.29, 1.82) is 0 Å². The molecule has 1 aliphatic rings. The molecule has 2 aromatic carbocycles. The number of nitrogens with one attached hydrogen (secondary N) is 2. The maximum atomic E-state index is 13.7. The van der Waals surface area contributed by atoms with E-state index in [4.69, 9.17) is 11.6 Å². The molecule has 0 radical (unpaired) electrons. The summed E-state index contributed by atoms with van der Waals surface area (Å²) >= 11 is 5.66. The molecule has 2 N–H and O–H groups in total. The van der Waals surface area contributed by atoms with Crippen LogP contribution in [0.25, 0.3) is 0 Å². The van der Waals surface area contributed by atoms with E-state index in [0.29, 0.717) is 12.1 Å². The topological polar surface area (TPSA) is 95.6 Å². The minimum absolute atomic E-state index is 0.0324. The van der Waals surface area contributed by atoms with Crippen LogP contribution in [0.3, 0.4) is 0 Å². The first-order chi connectivity index (χ1) is 14.1. The SMILES string of the molecule is CC(=O)N1c2ccc(S(=O)(=O)NCCC(=O)Nc3ccc(Cl)cc3F)cc2C[C@@H]1C. The monoisotopic (exact) mass is 453 g/mol. The lowest BCUT2D eigenvalue weighted by Gasteiger charge is -2.20. The molecule has 160 valence electrons. The number of amides is 2. The molecule has 1 aliphatic heterocycles. The fourth-order valence-corrected chi connectivity index (χ4v) is 4.68. The van der Waals surface area contributed by atoms with Gasteiger partial charge >= 0.3 is 0 Å². The quantitative estimate of drug-likeness (QED) is 0.702. The zero-order valence-electron chi connectivity index (χ0n) is 16.4. The van der Waals surface area contributed by atoms with Crippen LogP contribution in [0.5, 0.6) is 0 Å². The summed E-state index contributed by atoms with van der Waals surface area (Å²) < 4.78 is 41.2. The van der Waals surface area contributed by atoms with E-state index >= 15 is 0 Å². The molecule has 0 spiro atoms. The molecule has 0 saturated heterocycles. The Morgan fingerprint density at radius 1 is 1.23 bits per heavy atom. The number of sulfonamides is 1. The van der Waals surface area contributed by atoms with Crippen molar-refractivity contribution in [1.82, 2.24) is 4.72 Å². The van der Waals surface area contributed by atoms with Gasteiger partial charge in [0.2, 0.25) is 21.8 Å². The molecule has 0 bridgehead atoms. The van der Waals surface area contributed by atoms with E-state index < -0.39 is 21.7 Å². The minimum atomic E-state index is -3.84. The van der Waals surface area contributed by atoms with Crippen molar-refractivity contribution < 1.29 is 22.4 Å². The molecule has 0 unspecified atom stereocenters. The first-order valence-electron chi connectivity index (χ1n) is 9.26. The van der Waals surface area contributed by atoms with Crippen molar-refractivity contribution in [2.24, 2.45) is 0 Å². The van der Waals surface area contributed by atoms with Crippen molar-refractivity contribution in [3.8, 4) is 0 Å². The highest BCUT2D eigenvalue weighted by molar-refractivity contribution is 7.89. The van der Waals surface area contributed by atoms with Crippen LogP contribution in [-0.4, -0.2) is 32.8 Å². The largest absolute Gasteiger partial charge is 0.324 e. The first kappa shape index (κ1) is 22.2. The number of carbonyl (C=O) groups is 2. The van der Waals surface area contributed by atoms with Crippen LogP contribution in [0.4, 0.5) is 15.8 Å². The molecule has 2 aromatic rings. The third-order valence-electron chi connectivity index (χ3n) is 4.77. The van der Waals surface area contributed by atoms with Crippen LogP contribution in [0.15, 0.2) is 41.3 Å². The molecule has 10 heteroatoms. The van der Waals surface area contributed by atoms with E-state index in [1.165, 1.54) is 25.1 Å². The van der Waals surface area contributed by atoms with Crippen molar-refractivity contribution in [3.63, 3.8) is 0 Å². The van der Waals surface area contributed by atoms with Gasteiger partial charge in [-0.2, -0.15) is 0 Å². The predicted molar refractivity (Wildman–Crippen MR) is 113 cm³/mol. The van der Waals surface area contributed by atoms with Gasteiger partial charge in [-0.3, -0.25) is 9.59 Å². The van der Waals surface area contributed by atoms with Crippen molar-refractivity contribution in [2.75, 3.05) is 16.8 Å². The summed E-state index contributed by atoms with van der Waals surface area (Å²) in [6, 6.07) is 8.38. The Hall–Kier alpha value is -2.49. The summed E-state index contributed by atoms with van der Waals surface area (Å²) in [6.07, 6.45) is 0.384. The minimum Gasteiger partial charge on any atom is -0.324 e. The first-order valence-corrected chi connectivity index (χ1v) is 11.1. The average molecular weight is 454 g/mol. The highest BCUT2D eigenvalue weighted by atomic mass is 35.5. The molecule has 1 atom stereocenters. The van der Waals surface area contributed by atoms with E-state index in [9.17, 15) is 22.4 Å². The summed E-state index contributed by atoms with van der Waals surface area (Å²) in [5, 5.41) is 2.58. The lowest BCUT2D eigenvalue weighted by molar-refractivity contribution is -0.117. The number of anilines is 2. The second-order valence-electron chi connectivity index (χ2n) is 7.05.